The van der Waals surface area contributed by atoms with Gasteiger partial charge in [0.2, 0.25) is 0 Å². The van der Waals surface area contributed by atoms with Gasteiger partial charge in [-0.25, -0.2) is 4.79 Å². The van der Waals surface area contributed by atoms with Crippen molar-refractivity contribution in [3.63, 3.8) is 0 Å². The number of carboxylic acids is 1. The zero-order valence-electron chi connectivity index (χ0n) is 9.17. The van der Waals surface area contributed by atoms with E-state index in [9.17, 15) is 4.79 Å². The average Bonchev–Trinajstić information content (AvgIpc) is 2.75. The number of aromatic carboxylic acids is 1. The number of nitrogens with zero attached hydrogens (tertiary/aromatic N) is 2. The zero-order valence-corrected chi connectivity index (χ0v) is 9.17. The van der Waals surface area contributed by atoms with Gasteiger partial charge >= 0.3 is 5.97 Å². The van der Waals surface area contributed by atoms with Crippen LogP contribution in [-0.4, -0.2) is 26.4 Å². The molecule has 0 unspecified atom stereocenters. The fourth-order valence-corrected chi connectivity index (χ4v) is 2.14. The molecule has 17 heavy (non-hydrogen) atoms. The van der Waals surface area contributed by atoms with E-state index in [4.69, 9.17) is 9.63 Å². The van der Waals surface area contributed by atoms with E-state index in [2.05, 4.69) is 15.4 Å². The number of aromatic nitrogens is 3. The molecule has 2 N–H and O–H groups in total. The normalized spacial score (nSPS) is 22.6. The summed E-state index contributed by atoms with van der Waals surface area (Å²) in [5, 5.41) is 19.4. The smallest absolute Gasteiger partial charge is 0.339 e. The minimum Gasteiger partial charge on any atom is -0.478 e. The summed E-state index contributed by atoms with van der Waals surface area (Å²) < 4.78 is 5.19. The van der Waals surface area contributed by atoms with E-state index in [-0.39, 0.29) is 17.4 Å². The minimum atomic E-state index is -0.951. The fraction of sp³-hybridized carbons (Fsp3) is 0.364. The summed E-state index contributed by atoms with van der Waals surface area (Å²) in [5.41, 5.74) is 1.76. The van der Waals surface area contributed by atoms with Gasteiger partial charge in [-0.3, -0.25) is 5.10 Å². The summed E-state index contributed by atoms with van der Waals surface area (Å²) in [4.78, 5) is 11.0. The molecule has 0 aromatic carbocycles. The zero-order chi connectivity index (χ0) is 12.0. The molecular weight excluding hydrogens is 222 g/mol. The molecule has 1 fully saturated rings. The third kappa shape index (κ3) is 1.61. The van der Waals surface area contributed by atoms with Crippen LogP contribution in [0.2, 0.25) is 0 Å². The number of hydrogen-bond donors (Lipinski definition) is 2. The second-order valence-electron chi connectivity index (χ2n) is 4.32. The van der Waals surface area contributed by atoms with E-state index in [1.165, 1.54) is 6.20 Å². The Labute approximate surface area is 96.6 Å². The summed E-state index contributed by atoms with van der Waals surface area (Å²) in [5.74, 6) is 0.234. The quantitative estimate of drug-likeness (QED) is 0.841. The lowest BCUT2D eigenvalue weighted by Gasteiger charge is -1.96. The van der Waals surface area contributed by atoms with E-state index in [1.54, 1.807) is 0 Å². The van der Waals surface area contributed by atoms with E-state index < -0.39 is 5.97 Å². The van der Waals surface area contributed by atoms with Gasteiger partial charge in [0, 0.05) is 17.9 Å². The monoisotopic (exact) mass is 233 g/mol. The van der Waals surface area contributed by atoms with Gasteiger partial charge in [0.25, 0.3) is 0 Å². The Morgan fingerprint density at radius 3 is 3.06 bits per heavy atom. The average molecular weight is 233 g/mol. The van der Waals surface area contributed by atoms with Gasteiger partial charge in [-0.05, 0) is 13.3 Å². The van der Waals surface area contributed by atoms with E-state index in [0.29, 0.717) is 5.69 Å². The Balaban J connectivity index is 1.84. The van der Waals surface area contributed by atoms with Gasteiger partial charge in [0.15, 0.2) is 0 Å². The number of aromatic amines is 1. The second kappa shape index (κ2) is 3.44. The molecule has 2 atom stereocenters. The number of hydrogen-bond acceptors (Lipinski definition) is 4. The van der Waals surface area contributed by atoms with Gasteiger partial charge < -0.3 is 9.63 Å². The number of carboxylic acid groups (broad SMARTS) is 1. The van der Waals surface area contributed by atoms with Crippen LogP contribution in [0.15, 0.2) is 16.8 Å². The Morgan fingerprint density at radius 2 is 2.41 bits per heavy atom. The van der Waals surface area contributed by atoms with E-state index in [0.717, 1.165) is 17.9 Å². The fourth-order valence-electron chi connectivity index (χ4n) is 2.14. The topological polar surface area (TPSA) is 92.0 Å². The number of rotatable bonds is 3. The summed E-state index contributed by atoms with van der Waals surface area (Å²) in [6.07, 6.45) is 2.22. The van der Waals surface area contributed by atoms with Crippen LogP contribution in [-0.2, 0) is 0 Å². The maximum Gasteiger partial charge on any atom is 0.339 e. The molecule has 0 bridgehead atoms. The Kier molecular flexibility index (Phi) is 2.04. The summed E-state index contributed by atoms with van der Waals surface area (Å²) in [7, 11) is 0. The maximum atomic E-state index is 11.0. The number of aryl methyl sites for hydroxylation is 1. The van der Waals surface area contributed by atoms with Crippen LogP contribution >= 0.6 is 0 Å². The van der Waals surface area contributed by atoms with Crippen molar-refractivity contribution in [1.29, 1.82) is 0 Å². The van der Waals surface area contributed by atoms with Crippen molar-refractivity contribution in [1.82, 2.24) is 15.4 Å². The molecule has 6 nitrogen and oxygen atoms in total. The molecule has 0 amide bonds. The highest BCUT2D eigenvalue weighted by Gasteiger charge is 2.45. The predicted molar refractivity (Wildman–Crippen MR) is 56.9 cm³/mol. The van der Waals surface area contributed by atoms with Crippen molar-refractivity contribution in [2.75, 3.05) is 0 Å². The first-order valence-electron chi connectivity index (χ1n) is 5.36. The third-order valence-corrected chi connectivity index (χ3v) is 3.07. The molecule has 88 valence electrons. The van der Waals surface area contributed by atoms with Crippen molar-refractivity contribution in [2.24, 2.45) is 0 Å². The van der Waals surface area contributed by atoms with Crippen molar-refractivity contribution in [3.8, 4) is 0 Å². The van der Waals surface area contributed by atoms with Crippen molar-refractivity contribution in [3.05, 3.63) is 35.0 Å². The third-order valence-electron chi connectivity index (χ3n) is 3.07. The highest BCUT2D eigenvalue weighted by atomic mass is 16.5. The predicted octanol–water partition coefficient (Wildman–Crippen LogP) is 1.68. The minimum absolute atomic E-state index is 0.149. The van der Waals surface area contributed by atoms with Crippen molar-refractivity contribution < 1.29 is 14.4 Å². The molecule has 0 radical (unpaired) electrons. The molecule has 1 saturated carbocycles. The van der Waals surface area contributed by atoms with Crippen molar-refractivity contribution >= 4 is 5.97 Å². The molecule has 2 aromatic rings. The molecule has 1 aliphatic rings. The SMILES string of the molecule is Cc1cc([C@@H]2C[C@H]2c2[nH]ncc2C(=O)O)on1. The summed E-state index contributed by atoms with van der Waals surface area (Å²) >= 11 is 0. The Bertz CT molecular complexity index is 572. The number of nitrogens with one attached hydrogen (secondary N) is 1. The molecule has 3 rings (SSSR count). The molecule has 2 aromatic heterocycles. The standard InChI is InChI=1S/C11H11N3O3/c1-5-2-9(17-14-5)6-3-7(6)10-8(11(15)16)4-12-13-10/h2,4,6-7H,3H2,1H3,(H,12,13)(H,15,16)/t6-,7-/m1/s1. The van der Waals surface area contributed by atoms with Gasteiger partial charge in [0.05, 0.1) is 17.6 Å². The van der Waals surface area contributed by atoms with Crippen LogP contribution < -0.4 is 0 Å². The summed E-state index contributed by atoms with van der Waals surface area (Å²) in [6, 6.07) is 1.89. The van der Waals surface area contributed by atoms with Gasteiger partial charge in [-0.15, -0.1) is 0 Å². The van der Waals surface area contributed by atoms with Crippen LogP contribution in [0, 0.1) is 6.92 Å². The number of H-pyrrole nitrogens is 1. The molecular formula is C11H11N3O3. The molecule has 2 heterocycles. The maximum absolute atomic E-state index is 11.0. The van der Waals surface area contributed by atoms with Crippen molar-refractivity contribution in [2.45, 2.75) is 25.2 Å². The molecule has 0 spiro atoms. The second-order valence-corrected chi connectivity index (χ2v) is 4.32. The lowest BCUT2D eigenvalue weighted by Crippen LogP contribution is -1.99. The van der Waals surface area contributed by atoms with Gasteiger partial charge in [-0.2, -0.15) is 5.10 Å². The summed E-state index contributed by atoms with van der Waals surface area (Å²) in [6.45, 7) is 1.86. The molecule has 0 saturated heterocycles. The number of carbonyl (C=O) groups is 1. The van der Waals surface area contributed by atoms with Crippen LogP contribution in [0.4, 0.5) is 0 Å². The van der Waals surface area contributed by atoms with E-state index >= 15 is 0 Å². The molecule has 0 aliphatic heterocycles. The van der Waals surface area contributed by atoms with Crippen LogP contribution in [0.1, 0.15) is 45.8 Å². The largest absolute Gasteiger partial charge is 0.478 e. The van der Waals surface area contributed by atoms with Crippen LogP contribution in [0.25, 0.3) is 0 Å². The highest BCUT2D eigenvalue weighted by molar-refractivity contribution is 5.89. The molecule has 1 aliphatic carbocycles. The van der Waals surface area contributed by atoms with E-state index in [1.807, 2.05) is 13.0 Å². The Morgan fingerprint density at radius 1 is 1.59 bits per heavy atom. The van der Waals surface area contributed by atoms with Crippen LogP contribution in [0.5, 0.6) is 0 Å². The first kappa shape index (κ1) is 10.1. The van der Waals surface area contributed by atoms with Gasteiger partial charge in [0.1, 0.15) is 11.3 Å². The van der Waals surface area contributed by atoms with Crippen LogP contribution in [0.3, 0.4) is 0 Å². The lowest BCUT2D eigenvalue weighted by atomic mass is 10.1. The highest BCUT2D eigenvalue weighted by Crippen LogP contribution is 2.54. The first-order valence-corrected chi connectivity index (χ1v) is 5.36. The lowest BCUT2D eigenvalue weighted by molar-refractivity contribution is 0.0695. The molecule has 6 heteroatoms. The van der Waals surface area contributed by atoms with Gasteiger partial charge in [-0.1, -0.05) is 5.16 Å². The first-order chi connectivity index (χ1) is 8.16. The Hall–Kier alpha value is -2.11.